The van der Waals surface area contributed by atoms with Gasteiger partial charge in [0.25, 0.3) is 5.91 Å². The fourth-order valence-corrected chi connectivity index (χ4v) is 4.16. The molecular weight excluding hydrogens is 497 g/mol. The Morgan fingerprint density at radius 2 is 1.68 bits per heavy atom. The summed E-state index contributed by atoms with van der Waals surface area (Å²) in [4.78, 5) is 25.2. The second-order valence-electron chi connectivity index (χ2n) is 7.69. The quantitative estimate of drug-likeness (QED) is 0.303. The highest BCUT2D eigenvalue weighted by Gasteiger charge is 2.17. The van der Waals surface area contributed by atoms with Crippen LogP contribution in [0.4, 0.5) is 10.1 Å². The Hall–Kier alpha value is -4.38. The van der Waals surface area contributed by atoms with Crippen molar-refractivity contribution < 1.29 is 23.5 Å². The van der Waals surface area contributed by atoms with Gasteiger partial charge in [0, 0.05) is 16.9 Å². The molecule has 4 aromatic rings. The average molecular weight is 522 g/mol. The monoisotopic (exact) mass is 521 g/mol. The molecule has 0 aliphatic rings. The van der Waals surface area contributed by atoms with Gasteiger partial charge >= 0.3 is 0 Å². The van der Waals surface area contributed by atoms with Gasteiger partial charge in [0.15, 0.2) is 11.0 Å². The van der Waals surface area contributed by atoms with Crippen LogP contribution in [0.5, 0.6) is 11.5 Å². The summed E-state index contributed by atoms with van der Waals surface area (Å²) in [5, 5.41) is 14.5. The fraction of sp³-hybridized carbons (Fsp3) is 0.154. The first-order valence-electron chi connectivity index (χ1n) is 11.2. The molecule has 0 aliphatic heterocycles. The zero-order chi connectivity index (χ0) is 26.2. The Morgan fingerprint density at radius 3 is 2.38 bits per heavy atom. The van der Waals surface area contributed by atoms with E-state index in [0.717, 1.165) is 0 Å². The minimum Gasteiger partial charge on any atom is -0.497 e. The van der Waals surface area contributed by atoms with Crippen LogP contribution in [0, 0.1) is 5.82 Å². The number of nitrogens with one attached hydrogen (secondary N) is 2. The molecule has 1 heterocycles. The minimum atomic E-state index is -0.391. The van der Waals surface area contributed by atoms with Crippen LogP contribution in [0.2, 0.25) is 0 Å². The Labute approximate surface area is 217 Å². The van der Waals surface area contributed by atoms with Gasteiger partial charge in [-0.3, -0.25) is 14.2 Å². The van der Waals surface area contributed by atoms with E-state index in [-0.39, 0.29) is 24.1 Å². The predicted octanol–water partition coefficient (Wildman–Crippen LogP) is 4.08. The van der Waals surface area contributed by atoms with E-state index in [1.54, 1.807) is 72.3 Å². The SMILES string of the molecule is COc1ccc(NC(=O)CSc2nnc(CNC(=O)c3cccc(OC)c3)n2-c2ccc(F)cc2)cc1. The number of aromatic nitrogens is 3. The lowest BCUT2D eigenvalue weighted by atomic mass is 10.2. The zero-order valence-corrected chi connectivity index (χ0v) is 20.9. The molecule has 0 unspecified atom stereocenters. The molecule has 0 aliphatic carbocycles. The smallest absolute Gasteiger partial charge is 0.251 e. The summed E-state index contributed by atoms with van der Waals surface area (Å²) in [6.07, 6.45) is 0. The minimum absolute atomic E-state index is 0.0546. The van der Waals surface area contributed by atoms with Crippen LogP contribution in [0.1, 0.15) is 16.2 Å². The molecule has 3 aromatic carbocycles. The Kier molecular flexibility index (Phi) is 8.37. The second-order valence-corrected chi connectivity index (χ2v) is 8.63. The lowest BCUT2D eigenvalue weighted by molar-refractivity contribution is -0.113. The van der Waals surface area contributed by atoms with Crippen molar-refractivity contribution in [2.24, 2.45) is 0 Å². The highest BCUT2D eigenvalue weighted by Crippen LogP contribution is 2.23. The number of ether oxygens (including phenoxy) is 2. The third-order valence-electron chi connectivity index (χ3n) is 5.23. The third kappa shape index (κ3) is 6.64. The molecule has 0 radical (unpaired) electrons. The Morgan fingerprint density at radius 1 is 0.946 bits per heavy atom. The van der Waals surface area contributed by atoms with E-state index in [1.807, 2.05) is 0 Å². The van der Waals surface area contributed by atoms with Crippen LogP contribution >= 0.6 is 11.8 Å². The normalized spacial score (nSPS) is 10.6. The molecule has 11 heteroatoms. The lowest BCUT2D eigenvalue weighted by Gasteiger charge is -2.11. The van der Waals surface area contributed by atoms with Crippen molar-refractivity contribution in [3.8, 4) is 17.2 Å². The largest absolute Gasteiger partial charge is 0.497 e. The predicted molar refractivity (Wildman–Crippen MR) is 138 cm³/mol. The first-order valence-corrected chi connectivity index (χ1v) is 12.1. The van der Waals surface area contributed by atoms with Crippen LogP contribution in [0.3, 0.4) is 0 Å². The summed E-state index contributed by atoms with van der Waals surface area (Å²) >= 11 is 1.17. The number of benzene rings is 3. The van der Waals surface area contributed by atoms with Crippen molar-refractivity contribution in [1.82, 2.24) is 20.1 Å². The molecule has 190 valence electrons. The van der Waals surface area contributed by atoms with E-state index in [1.165, 1.54) is 31.0 Å². The molecule has 9 nitrogen and oxygen atoms in total. The highest BCUT2D eigenvalue weighted by atomic mass is 32.2. The number of methoxy groups -OCH3 is 2. The molecule has 0 fully saturated rings. The van der Waals surface area contributed by atoms with E-state index in [4.69, 9.17) is 9.47 Å². The van der Waals surface area contributed by atoms with E-state index in [9.17, 15) is 14.0 Å². The first kappa shape index (κ1) is 25.7. The van der Waals surface area contributed by atoms with Crippen molar-refractivity contribution >= 4 is 29.3 Å². The summed E-state index contributed by atoms with van der Waals surface area (Å²) in [6, 6.07) is 19.5. The van der Waals surface area contributed by atoms with Gasteiger partial charge in [0.05, 0.1) is 26.5 Å². The van der Waals surface area contributed by atoms with Gasteiger partial charge in [-0.15, -0.1) is 10.2 Å². The number of thioether (sulfide) groups is 1. The van der Waals surface area contributed by atoms with Crippen molar-refractivity contribution in [1.29, 1.82) is 0 Å². The van der Waals surface area contributed by atoms with Crippen molar-refractivity contribution in [2.75, 3.05) is 25.3 Å². The second kappa shape index (κ2) is 12.0. The summed E-state index contributed by atoms with van der Waals surface area (Å²) in [6.45, 7) is 0.0546. The number of hydrogen-bond donors (Lipinski definition) is 2. The van der Waals surface area contributed by atoms with Gasteiger partial charge in [-0.2, -0.15) is 0 Å². The summed E-state index contributed by atoms with van der Waals surface area (Å²) < 4.78 is 25.5. The number of amides is 2. The molecule has 1 aromatic heterocycles. The molecule has 0 saturated heterocycles. The van der Waals surface area contributed by atoms with E-state index >= 15 is 0 Å². The van der Waals surface area contributed by atoms with Crippen molar-refractivity contribution in [3.05, 3.63) is 90.0 Å². The van der Waals surface area contributed by atoms with Gasteiger partial charge in [-0.05, 0) is 66.7 Å². The van der Waals surface area contributed by atoms with E-state index < -0.39 is 5.82 Å². The topological polar surface area (TPSA) is 107 Å². The number of halogens is 1. The molecule has 0 atom stereocenters. The maximum atomic E-state index is 13.6. The summed E-state index contributed by atoms with van der Waals surface area (Å²) in [5.41, 5.74) is 1.65. The number of anilines is 1. The molecule has 0 spiro atoms. The van der Waals surface area contributed by atoms with Gasteiger partial charge in [0.1, 0.15) is 17.3 Å². The molecule has 2 amide bonds. The zero-order valence-electron chi connectivity index (χ0n) is 20.1. The van der Waals surface area contributed by atoms with Gasteiger partial charge in [-0.1, -0.05) is 17.8 Å². The third-order valence-corrected chi connectivity index (χ3v) is 6.16. The summed E-state index contributed by atoms with van der Waals surface area (Å²) in [7, 11) is 3.10. The Bertz CT molecular complexity index is 1380. The van der Waals surface area contributed by atoms with Crippen LogP contribution in [0.15, 0.2) is 78.0 Å². The molecular formula is C26H24FN5O4S. The molecule has 4 rings (SSSR count). The van der Waals surface area contributed by atoms with Gasteiger partial charge in [0.2, 0.25) is 5.91 Å². The van der Waals surface area contributed by atoms with E-state index in [0.29, 0.717) is 39.4 Å². The lowest BCUT2D eigenvalue weighted by Crippen LogP contribution is -2.24. The van der Waals surface area contributed by atoms with Crippen molar-refractivity contribution in [2.45, 2.75) is 11.7 Å². The van der Waals surface area contributed by atoms with E-state index in [2.05, 4.69) is 20.8 Å². The highest BCUT2D eigenvalue weighted by molar-refractivity contribution is 7.99. The number of hydrogen-bond acceptors (Lipinski definition) is 7. The van der Waals surface area contributed by atoms with Crippen molar-refractivity contribution in [3.63, 3.8) is 0 Å². The molecule has 2 N–H and O–H groups in total. The van der Waals surface area contributed by atoms with Crippen LogP contribution in [0.25, 0.3) is 5.69 Å². The fourth-order valence-electron chi connectivity index (χ4n) is 3.39. The number of nitrogens with zero attached hydrogens (tertiary/aromatic N) is 3. The molecule has 0 saturated carbocycles. The average Bonchev–Trinajstić information content (AvgIpc) is 3.34. The maximum Gasteiger partial charge on any atom is 0.251 e. The van der Waals surface area contributed by atoms with Crippen LogP contribution in [-0.4, -0.2) is 46.6 Å². The standard InChI is InChI=1S/C26H24FN5O4S/c1-35-21-12-8-19(9-13-21)29-24(33)16-37-26-31-30-23(32(26)20-10-6-18(27)7-11-20)15-28-25(34)17-4-3-5-22(14-17)36-2/h3-14H,15-16H2,1-2H3,(H,28,34)(H,29,33). The molecule has 37 heavy (non-hydrogen) atoms. The maximum absolute atomic E-state index is 13.6. The number of carbonyl (C=O) groups is 2. The van der Waals surface area contributed by atoms with Gasteiger partial charge in [-0.25, -0.2) is 4.39 Å². The molecule has 0 bridgehead atoms. The number of rotatable bonds is 10. The van der Waals surface area contributed by atoms with Crippen LogP contribution in [-0.2, 0) is 11.3 Å². The van der Waals surface area contributed by atoms with Gasteiger partial charge < -0.3 is 20.1 Å². The Balaban J connectivity index is 1.48. The number of carbonyl (C=O) groups excluding carboxylic acids is 2. The van der Waals surface area contributed by atoms with Crippen LogP contribution < -0.4 is 20.1 Å². The first-order chi connectivity index (χ1) is 18.0. The summed E-state index contributed by atoms with van der Waals surface area (Å²) in [5.74, 6) is 0.775.